The van der Waals surface area contributed by atoms with Crippen LogP contribution in [0.4, 0.5) is 17.6 Å². The number of carbonyl (C=O) groups excluding carboxylic acids is 1. The van der Waals surface area contributed by atoms with Crippen molar-refractivity contribution in [2.75, 3.05) is 26.2 Å². The van der Waals surface area contributed by atoms with Crippen molar-refractivity contribution >= 4 is 5.91 Å². The van der Waals surface area contributed by atoms with Crippen molar-refractivity contribution in [2.45, 2.75) is 12.7 Å². The largest absolute Gasteiger partial charge is 0.471 e. The van der Waals surface area contributed by atoms with Crippen molar-refractivity contribution in [2.24, 2.45) is 0 Å². The van der Waals surface area contributed by atoms with Crippen molar-refractivity contribution in [1.82, 2.24) is 9.80 Å². The molecule has 0 radical (unpaired) electrons. The monoisotopic (exact) mass is 290 g/mol. The number of piperazine rings is 1. The van der Waals surface area contributed by atoms with Crippen molar-refractivity contribution in [3.05, 3.63) is 35.6 Å². The van der Waals surface area contributed by atoms with Gasteiger partial charge >= 0.3 is 12.1 Å². The third kappa shape index (κ3) is 3.47. The smallest absolute Gasteiger partial charge is 0.332 e. The van der Waals surface area contributed by atoms with Gasteiger partial charge in [-0.15, -0.1) is 0 Å². The highest BCUT2D eigenvalue weighted by molar-refractivity contribution is 5.81. The lowest BCUT2D eigenvalue weighted by atomic mass is 10.2. The van der Waals surface area contributed by atoms with Crippen molar-refractivity contribution in [3.8, 4) is 0 Å². The van der Waals surface area contributed by atoms with Crippen LogP contribution in [0.15, 0.2) is 24.3 Å². The van der Waals surface area contributed by atoms with Crippen LogP contribution in [0.5, 0.6) is 0 Å². The van der Waals surface area contributed by atoms with Gasteiger partial charge in [0, 0.05) is 38.3 Å². The molecule has 3 nitrogen and oxygen atoms in total. The van der Waals surface area contributed by atoms with Crippen LogP contribution in [-0.2, 0) is 11.3 Å². The minimum Gasteiger partial charge on any atom is -0.332 e. The van der Waals surface area contributed by atoms with Gasteiger partial charge in [0.1, 0.15) is 5.82 Å². The minimum atomic E-state index is -4.83. The van der Waals surface area contributed by atoms with Crippen LogP contribution >= 0.6 is 0 Å². The number of benzene rings is 1. The van der Waals surface area contributed by atoms with Gasteiger partial charge in [-0.1, -0.05) is 18.2 Å². The van der Waals surface area contributed by atoms with E-state index in [1.807, 2.05) is 4.90 Å². The van der Waals surface area contributed by atoms with E-state index in [2.05, 4.69) is 0 Å². The molecule has 2 rings (SSSR count). The summed E-state index contributed by atoms with van der Waals surface area (Å²) in [6, 6.07) is 6.28. The topological polar surface area (TPSA) is 23.6 Å². The van der Waals surface area contributed by atoms with Crippen molar-refractivity contribution < 1.29 is 22.4 Å². The highest BCUT2D eigenvalue weighted by atomic mass is 19.4. The molecular weight excluding hydrogens is 276 g/mol. The molecule has 0 aromatic heterocycles. The fourth-order valence-electron chi connectivity index (χ4n) is 2.16. The quantitative estimate of drug-likeness (QED) is 0.778. The van der Waals surface area contributed by atoms with Crippen LogP contribution < -0.4 is 0 Å². The molecule has 1 aromatic carbocycles. The lowest BCUT2D eigenvalue weighted by Crippen LogP contribution is -2.52. The first-order valence-corrected chi connectivity index (χ1v) is 6.20. The van der Waals surface area contributed by atoms with E-state index in [-0.39, 0.29) is 18.9 Å². The summed E-state index contributed by atoms with van der Waals surface area (Å²) < 4.78 is 50.3. The molecule has 0 unspecified atom stereocenters. The second kappa shape index (κ2) is 5.78. The molecule has 0 saturated carbocycles. The third-order valence-corrected chi connectivity index (χ3v) is 3.25. The number of carbonyl (C=O) groups is 1. The molecule has 0 aliphatic carbocycles. The number of nitrogens with zero attached hydrogens (tertiary/aromatic N) is 2. The molecule has 20 heavy (non-hydrogen) atoms. The number of rotatable bonds is 2. The van der Waals surface area contributed by atoms with Crippen molar-refractivity contribution in [1.29, 1.82) is 0 Å². The first-order chi connectivity index (χ1) is 9.38. The Labute approximate surface area is 113 Å². The lowest BCUT2D eigenvalue weighted by molar-refractivity contribution is -0.187. The Morgan fingerprint density at radius 3 is 2.25 bits per heavy atom. The molecule has 110 valence electrons. The second-order valence-electron chi connectivity index (χ2n) is 4.66. The Morgan fingerprint density at radius 2 is 1.70 bits per heavy atom. The van der Waals surface area contributed by atoms with E-state index in [4.69, 9.17) is 0 Å². The minimum absolute atomic E-state index is 0.00674. The number of hydrogen-bond acceptors (Lipinski definition) is 2. The van der Waals surface area contributed by atoms with Gasteiger partial charge in [-0.3, -0.25) is 9.69 Å². The molecule has 1 aliphatic rings. The molecule has 1 aromatic rings. The molecule has 1 heterocycles. The summed E-state index contributed by atoms with van der Waals surface area (Å²) in [5.74, 6) is -2.13. The molecule has 1 aliphatic heterocycles. The number of alkyl halides is 3. The molecule has 7 heteroatoms. The summed E-state index contributed by atoms with van der Waals surface area (Å²) in [4.78, 5) is 13.7. The van der Waals surface area contributed by atoms with Crippen LogP contribution in [0, 0.1) is 5.82 Å². The lowest BCUT2D eigenvalue weighted by Gasteiger charge is -2.35. The van der Waals surface area contributed by atoms with Gasteiger partial charge in [-0.2, -0.15) is 13.2 Å². The maximum absolute atomic E-state index is 13.5. The van der Waals surface area contributed by atoms with Gasteiger partial charge < -0.3 is 4.90 Å². The predicted molar refractivity (Wildman–Crippen MR) is 64.3 cm³/mol. The maximum atomic E-state index is 13.5. The van der Waals surface area contributed by atoms with Crippen molar-refractivity contribution in [3.63, 3.8) is 0 Å². The van der Waals surface area contributed by atoms with Crippen LogP contribution in [0.25, 0.3) is 0 Å². The average molecular weight is 290 g/mol. The Morgan fingerprint density at radius 1 is 1.10 bits per heavy atom. The summed E-state index contributed by atoms with van der Waals surface area (Å²) in [5.41, 5.74) is 0.503. The summed E-state index contributed by atoms with van der Waals surface area (Å²) in [5, 5.41) is 0. The zero-order chi connectivity index (χ0) is 14.8. The number of hydrogen-bond donors (Lipinski definition) is 0. The molecule has 0 spiro atoms. The van der Waals surface area contributed by atoms with E-state index < -0.39 is 12.1 Å². The SMILES string of the molecule is O=C(N1CCN(Cc2ccccc2F)CC1)C(F)(F)F. The highest BCUT2D eigenvalue weighted by Crippen LogP contribution is 2.20. The Kier molecular flexibility index (Phi) is 4.27. The summed E-state index contributed by atoms with van der Waals surface area (Å²) in [6.07, 6.45) is -4.83. The first kappa shape index (κ1) is 14.8. The van der Waals surface area contributed by atoms with E-state index in [0.717, 1.165) is 4.90 Å². The average Bonchev–Trinajstić information content (AvgIpc) is 2.40. The molecular formula is C13H14F4N2O. The van der Waals surface area contributed by atoms with Gasteiger partial charge in [0.2, 0.25) is 0 Å². The molecule has 0 N–H and O–H groups in total. The van der Waals surface area contributed by atoms with E-state index in [0.29, 0.717) is 25.2 Å². The van der Waals surface area contributed by atoms with Gasteiger partial charge in [-0.05, 0) is 6.07 Å². The van der Waals surface area contributed by atoms with Gasteiger partial charge in [0.25, 0.3) is 0 Å². The zero-order valence-corrected chi connectivity index (χ0v) is 10.7. The molecule has 0 bridgehead atoms. The Balaban J connectivity index is 1.89. The summed E-state index contributed by atoms with van der Waals surface area (Å²) in [6.45, 7) is 0.951. The van der Waals surface area contributed by atoms with E-state index in [9.17, 15) is 22.4 Å². The van der Waals surface area contributed by atoms with Crippen LogP contribution in [0.2, 0.25) is 0 Å². The first-order valence-electron chi connectivity index (χ1n) is 6.20. The fraction of sp³-hybridized carbons (Fsp3) is 0.462. The number of halogens is 4. The Bertz CT molecular complexity index is 482. The van der Waals surface area contributed by atoms with Crippen LogP contribution in [0.1, 0.15) is 5.56 Å². The molecule has 0 atom stereocenters. The molecule has 1 fully saturated rings. The highest BCUT2D eigenvalue weighted by Gasteiger charge is 2.43. The van der Waals surface area contributed by atoms with Gasteiger partial charge in [-0.25, -0.2) is 4.39 Å². The fourth-order valence-corrected chi connectivity index (χ4v) is 2.16. The third-order valence-electron chi connectivity index (χ3n) is 3.25. The summed E-state index contributed by atoms with van der Waals surface area (Å²) in [7, 11) is 0. The van der Waals surface area contributed by atoms with E-state index in [1.54, 1.807) is 18.2 Å². The normalized spacial score (nSPS) is 17.3. The van der Waals surface area contributed by atoms with E-state index in [1.165, 1.54) is 6.07 Å². The maximum Gasteiger partial charge on any atom is 0.471 e. The second-order valence-corrected chi connectivity index (χ2v) is 4.66. The van der Waals surface area contributed by atoms with Crippen LogP contribution in [-0.4, -0.2) is 48.1 Å². The predicted octanol–water partition coefficient (Wildman–Crippen LogP) is 2.03. The van der Waals surface area contributed by atoms with E-state index >= 15 is 0 Å². The molecule has 1 amide bonds. The summed E-state index contributed by atoms with van der Waals surface area (Å²) >= 11 is 0. The number of amides is 1. The van der Waals surface area contributed by atoms with Gasteiger partial charge in [0.15, 0.2) is 0 Å². The zero-order valence-electron chi connectivity index (χ0n) is 10.7. The van der Waals surface area contributed by atoms with Gasteiger partial charge in [0.05, 0.1) is 0 Å². The standard InChI is InChI=1S/C13H14F4N2O/c14-11-4-2-1-3-10(11)9-18-5-7-19(8-6-18)12(20)13(15,16)17/h1-4H,5-9H2. The Hall–Kier alpha value is -1.63. The van der Waals surface area contributed by atoms with Crippen LogP contribution in [0.3, 0.4) is 0 Å². The molecule has 1 saturated heterocycles.